The Morgan fingerprint density at radius 2 is 1.88 bits per heavy atom. The highest BCUT2D eigenvalue weighted by molar-refractivity contribution is 7.99. The van der Waals surface area contributed by atoms with E-state index in [4.69, 9.17) is 4.98 Å². The number of nitrogens with zero attached hydrogens (tertiary/aromatic N) is 2. The Balaban J connectivity index is 1.69. The van der Waals surface area contributed by atoms with Gasteiger partial charge < -0.3 is 5.32 Å². The van der Waals surface area contributed by atoms with E-state index in [1.807, 2.05) is 37.3 Å². The summed E-state index contributed by atoms with van der Waals surface area (Å²) in [5, 5.41) is 3.85. The van der Waals surface area contributed by atoms with E-state index in [1.165, 1.54) is 40.9 Å². The number of nitrogens with one attached hydrogen (secondary N) is 1. The molecule has 0 saturated carbocycles. The first kappa shape index (κ1) is 22.2. The van der Waals surface area contributed by atoms with Gasteiger partial charge in [0.15, 0.2) is 5.16 Å². The lowest BCUT2D eigenvalue weighted by molar-refractivity contribution is -0.113. The first-order chi connectivity index (χ1) is 15.5. The lowest BCUT2D eigenvalue weighted by atomic mass is 10.1. The van der Waals surface area contributed by atoms with E-state index in [0.29, 0.717) is 26.7 Å². The molecule has 2 aromatic heterocycles. The highest BCUT2D eigenvalue weighted by Crippen LogP contribution is 2.31. The molecule has 0 radical (unpaired) electrons. The molecule has 0 aliphatic heterocycles. The smallest absolute Gasteiger partial charge is 0.267 e. The molecule has 2 aromatic carbocycles. The number of amides is 1. The SMILES string of the molecule is CCCc1sc2nc(SCC(=O)Nc3ccc(F)cc3)n(-c3ccccc3)c(=O)c2c1C. The van der Waals surface area contributed by atoms with Crippen molar-refractivity contribution in [1.82, 2.24) is 9.55 Å². The number of aryl methyl sites for hydroxylation is 2. The Labute approximate surface area is 193 Å². The van der Waals surface area contributed by atoms with Crippen LogP contribution in [0.1, 0.15) is 23.8 Å². The lowest BCUT2D eigenvalue weighted by Crippen LogP contribution is -2.22. The topological polar surface area (TPSA) is 64.0 Å². The van der Waals surface area contributed by atoms with Gasteiger partial charge in [0, 0.05) is 10.6 Å². The highest BCUT2D eigenvalue weighted by atomic mass is 32.2. The average Bonchev–Trinajstić information content (AvgIpc) is 3.10. The van der Waals surface area contributed by atoms with Crippen LogP contribution in [0, 0.1) is 12.7 Å². The molecule has 8 heteroatoms. The van der Waals surface area contributed by atoms with Crippen molar-refractivity contribution in [2.45, 2.75) is 31.8 Å². The number of thioether (sulfide) groups is 1. The number of para-hydroxylation sites is 1. The monoisotopic (exact) mass is 467 g/mol. The maximum Gasteiger partial charge on any atom is 0.267 e. The molecule has 0 fully saturated rings. The van der Waals surface area contributed by atoms with Crippen LogP contribution in [0.4, 0.5) is 10.1 Å². The maximum absolute atomic E-state index is 13.5. The van der Waals surface area contributed by atoms with E-state index in [-0.39, 0.29) is 23.0 Å². The summed E-state index contributed by atoms with van der Waals surface area (Å²) >= 11 is 2.75. The molecular weight excluding hydrogens is 445 g/mol. The molecule has 0 atom stereocenters. The standard InChI is InChI=1S/C24H22FN3O2S2/c1-3-7-19-15(2)21-22(32-19)27-24(28(23(21)30)18-8-5-4-6-9-18)31-14-20(29)26-17-12-10-16(25)11-13-17/h4-6,8-13H,3,7,14H2,1-2H3,(H,26,29). The predicted molar refractivity (Wildman–Crippen MR) is 130 cm³/mol. The molecule has 32 heavy (non-hydrogen) atoms. The second-order valence-corrected chi connectivity index (χ2v) is 9.32. The Bertz CT molecular complexity index is 1320. The predicted octanol–water partition coefficient (Wildman–Crippen LogP) is 5.58. The molecular formula is C24H22FN3O2S2. The van der Waals surface area contributed by atoms with Gasteiger partial charge in [-0.2, -0.15) is 0 Å². The fourth-order valence-corrected chi connectivity index (χ4v) is 5.57. The summed E-state index contributed by atoms with van der Waals surface area (Å²) in [5.41, 5.74) is 2.08. The van der Waals surface area contributed by atoms with Crippen LogP contribution in [-0.2, 0) is 11.2 Å². The minimum atomic E-state index is -0.365. The van der Waals surface area contributed by atoms with Crippen LogP contribution in [0.25, 0.3) is 15.9 Å². The molecule has 4 aromatic rings. The average molecular weight is 468 g/mol. The number of carbonyl (C=O) groups excluding carboxylic acids is 1. The summed E-state index contributed by atoms with van der Waals surface area (Å²) in [6.07, 6.45) is 1.89. The summed E-state index contributed by atoms with van der Waals surface area (Å²) in [5.74, 6) is -0.561. The quantitative estimate of drug-likeness (QED) is 0.285. The van der Waals surface area contributed by atoms with E-state index in [9.17, 15) is 14.0 Å². The van der Waals surface area contributed by atoms with Crippen LogP contribution in [0.3, 0.4) is 0 Å². The molecule has 0 spiro atoms. The van der Waals surface area contributed by atoms with Gasteiger partial charge in [0.25, 0.3) is 5.56 Å². The Kier molecular flexibility index (Phi) is 6.72. The van der Waals surface area contributed by atoms with Crippen LogP contribution in [0.15, 0.2) is 64.5 Å². The molecule has 5 nitrogen and oxygen atoms in total. The summed E-state index contributed by atoms with van der Waals surface area (Å²) in [6, 6.07) is 14.9. The number of anilines is 1. The number of carbonyl (C=O) groups is 1. The molecule has 0 bridgehead atoms. The summed E-state index contributed by atoms with van der Waals surface area (Å²) in [4.78, 5) is 32.7. The number of halogens is 1. The highest BCUT2D eigenvalue weighted by Gasteiger charge is 2.19. The van der Waals surface area contributed by atoms with Crippen molar-refractivity contribution in [2.24, 2.45) is 0 Å². The molecule has 2 heterocycles. The van der Waals surface area contributed by atoms with Crippen LogP contribution in [-0.4, -0.2) is 21.2 Å². The number of thiophene rings is 1. The summed E-state index contributed by atoms with van der Waals surface area (Å²) in [6.45, 7) is 4.09. The minimum Gasteiger partial charge on any atom is -0.325 e. The fourth-order valence-electron chi connectivity index (χ4n) is 3.44. The number of fused-ring (bicyclic) bond motifs is 1. The van der Waals surface area contributed by atoms with Crippen molar-refractivity contribution in [3.05, 3.63) is 81.2 Å². The van der Waals surface area contributed by atoms with Crippen molar-refractivity contribution < 1.29 is 9.18 Å². The molecule has 4 rings (SSSR count). The lowest BCUT2D eigenvalue weighted by Gasteiger charge is -2.12. The first-order valence-electron chi connectivity index (χ1n) is 10.3. The van der Waals surface area contributed by atoms with Crippen LogP contribution < -0.4 is 10.9 Å². The fraction of sp³-hybridized carbons (Fsp3) is 0.208. The van der Waals surface area contributed by atoms with Gasteiger partial charge in [-0.25, -0.2) is 9.37 Å². The van der Waals surface area contributed by atoms with Gasteiger partial charge in [0.05, 0.1) is 16.8 Å². The van der Waals surface area contributed by atoms with Crippen molar-refractivity contribution in [1.29, 1.82) is 0 Å². The number of rotatable bonds is 7. The normalized spacial score (nSPS) is 11.1. The maximum atomic E-state index is 13.5. The van der Waals surface area contributed by atoms with E-state index in [1.54, 1.807) is 15.9 Å². The zero-order valence-corrected chi connectivity index (χ0v) is 19.4. The summed E-state index contributed by atoms with van der Waals surface area (Å²) in [7, 11) is 0. The number of hydrogen-bond donors (Lipinski definition) is 1. The van der Waals surface area contributed by atoms with Gasteiger partial charge in [0.1, 0.15) is 10.6 Å². The second-order valence-electron chi connectivity index (χ2n) is 7.29. The van der Waals surface area contributed by atoms with Crippen molar-refractivity contribution in [2.75, 3.05) is 11.1 Å². The largest absolute Gasteiger partial charge is 0.325 e. The minimum absolute atomic E-state index is 0.0638. The number of benzene rings is 2. The molecule has 1 amide bonds. The van der Waals surface area contributed by atoms with Gasteiger partial charge in [-0.1, -0.05) is 43.3 Å². The van der Waals surface area contributed by atoms with Crippen molar-refractivity contribution >= 4 is 44.9 Å². The van der Waals surface area contributed by atoms with E-state index >= 15 is 0 Å². The van der Waals surface area contributed by atoms with E-state index < -0.39 is 0 Å². The van der Waals surface area contributed by atoms with Crippen molar-refractivity contribution in [3.63, 3.8) is 0 Å². The van der Waals surface area contributed by atoms with Gasteiger partial charge in [-0.3, -0.25) is 14.2 Å². The molecule has 0 saturated heterocycles. The third kappa shape index (κ3) is 4.61. The molecule has 0 unspecified atom stereocenters. The number of aromatic nitrogens is 2. The zero-order chi connectivity index (χ0) is 22.7. The van der Waals surface area contributed by atoms with Gasteiger partial charge in [-0.05, 0) is 55.3 Å². The Morgan fingerprint density at radius 3 is 2.56 bits per heavy atom. The van der Waals surface area contributed by atoms with Crippen LogP contribution in [0.5, 0.6) is 0 Å². The van der Waals surface area contributed by atoms with E-state index in [0.717, 1.165) is 18.4 Å². The van der Waals surface area contributed by atoms with Crippen LogP contribution in [0.2, 0.25) is 0 Å². The van der Waals surface area contributed by atoms with Gasteiger partial charge >= 0.3 is 0 Å². The zero-order valence-electron chi connectivity index (χ0n) is 17.7. The molecule has 164 valence electrons. The molecule has 1 N–H and O–H groups in total. The third-order valence-electron chi connectivity index (χ3n) is 4.98. The van der Waals surface area contributed by atoms with Gasteiger partial charge in [-0.15, -0.1) is 11.3 Å². The van der Waals surface area contributed by atoms with Crippen LogP contribution >= 0.6 is 23.1 Å². The summed E-state index contributed by atoms with van der Waals surface area (Å²) < 4.78 is 14.7. The third-order valence-corrected chi connectivity index (χ3v) is 7.17. The van der Waals surface area contributed by atoms with E-state index in [2.05, 4.69) is 12.2 Å². The van der Waals surface area contributed by atoms with Gasteiger partial charge in [0.2, 0.25) is 5.91 Å². The number of hydrogen-bond acceptors (Lipinski definition) is 5. The molecule has 0 aliphatic carbocycles. The second kappa shape index (κ2) is 9.67. The van der Waals surface area contributed by atoms with Crippen molar-refractivity contribution in [3.8, 4) is 5.69 Å². The Morgan fingerprint density at radius 1 is 1.16 bits per heavy atom. The Hall–Kier alpha value is -2.97. The molecule has 0 aliphatic rings. The first-order valence-corrected chi connectivity index (χ1v) is 12.1.